The second-order valence-corrected chi connectivity index (χ2v) is 10.5. The largest absolute Gasteiger partial charge is 0.296 e. The van der Waals surface area contributed by atoms with E-state index >= 15 is 0 Å². The smallest absolute Gasteiger partial charge is 0.123 e. The zero-order valence-electron chi connectivity index (χ0n) is 22.2. The van der Waals surface area contributed by atoms with Crippen molar-refractivity contribution in [1.82, 2.24) is 4.57 Å². The summed E-state index contributed by atoms with van der Waals surface area (Å²) in [5.41, 5.74) is 12.6. The van der Waals surface area contributed by atoms with Crippen molar-refractivity contribution in [2.24, 2.45) is 0 Å². The van der Waals surface area contributed by atoms with E-state index in [1.54, 1.807) is 0 Å². The van der Waals surface area contributed by atoms with Crippen LogP contribution in [-0.4, -0.2) is 4.57 Å². The lowest BCUT2D eigenvalue weighted by Crippen LogP contribution is -2.18. The van der Waals surface area contributed by atoms with Crippen LogP contribution in [0, 0.1) is 0 Å². The molecule has 0 unspecified atom stereocenters. The highest BCUT2D eigenvalue weighted by Gasteiger charge is 2.29. The molecule has 2 heteroatoms. The number of nitrogens with zero attached hydrogens (tertiary/aromatic N) is 2. The Labute approximate surface area is 234 Å². The lowest BCUT2D eigenvalue weighted by Gasteiger charge is -2.28. The van der Waals surface area contributed by atoms with Gasteiger partial charge in [-0.3, -0.25) is 9.47 Å². The van der Waals surface area contributed by atoms with Gasteiger partial charge in [0, 0.05) is 16.6 Å². The molecule has 190 valence electrons. The van der Waals surface area contributed by atoms with Gasteiger partial charge in [-0.2, -0.15) is 0 Å². The van der Waals surface area contributed by atoms with Gasteiger partial charge in [0.05, 0.1) is 16.9 Å². The van der Waals surface area contributed by atoms with Gasteiger partial charge in [0.2, 0.25) is 0 Å². The van der Waals surface area contributed by atoms with Gasteiger partial charge < -0.3 is 0 Å². The molecule has 5 aromatic carbocycles. The van der Waals surface area contributed by atoms with Crippen molar-refractivity contribution in [3.8, 4) is 27.9 Å². The summed E-state index contributed by atoms with van der Waals surface area (Å²) < 4.78 is 2.44. The minimum absolute atomic E-state index is 1.04. The lowest BCUT2D eigenvalue weighted by atomic mass is 9.93. The second-order valence-electron chi connectivity index (χ2n) is 10.5. The molecule has 0 amide bonds. The number of rotatable bonds is 3. The first-order valence-corrected chi connectivity index (χ1v) is 14.0. The number of hydrogen-bond acceptors (Lipinski definition) is 1. The fourth-order valence-electron chi connectivity index (χ4n) is 6.30. The molecule has 0 radical (unpaired) electrons. The van der Waals surface area contributed by atoms with Crippen LogP contribution in [0.4, 0.5) is 11.5 Å². The zero-order valence-corrected chi connectivity index (χ0v) is 22.2. The third kappa shape index (κ3) is 3.65. The molecule has 2 nitrogen and oxygen atoms in total. The maximum Gasteiger partial charge on any atom is 0.123 e. The first kappa shape index (κ1) is 22.9. The quantitative estimate of drug-likeness (QED) is 0.229. The molecule has 2 aliphatic rings. The maximum atomic E-state index is 2.45. The van der Waals surface area contributed by atoms with Crippen LogP contribution in [0.2, 0.25) is 0 Å². The van der Waals surface area contributed by atoms with Gasteiger partial charge in [-0.05, 0) is 77.1 Å². The number of fused-ring (bicyclic) bond motifs is 6. The van der Waals surface area contributed by atoms with E-state index < -0.39 is 0 Å². The summed E-state index contributed by atoms with van der Waals surface area (Å²) in [5, 5.41) is 1.25. The molecule has 1 aliphatic carbocycles. The zero-order chi connectivity index (χ0) is 26.5. The predicted octanol–water partition coefficient (Wildman–Crippen LogP) is 10.2. The SMILES string of the molecule is C1=CC2=C(CC1)c1ccccc1-n1c(cc3ccccc31)N2c1ccc(-c2ccc(-c3ccccc3)cc2)cc1. The third-order valence-corrected chi connectivity index (χ3v) is 8.23. The monoisotopic (exact) mass is 512 g/mol. The summed E-state index contributed by atoms with van der Waals surface area (Å²) in [6.45, 7) is 0. The number of hydrogen-bond donors (Lipinski definition) is 0. The average molecular weight is 513 g/mol. The summed E-state index contributed by atoms with van der Waals surface area (Å²) in [6, 6.07) is 48.4. The highest BCUT2D eigenvalue weighted by atomic mass is 15.3. The fourth-order valence-corrected chi connectivity index (χ4v) is 6.30. The van der Waals surface area contributed by atoms with Crippen molar-refractivity contribution in [3.05, 3.63) is 157 Å². The molecule has 1 aromatic heterocycles. The van der Waals surface area contributed by atoms with E-state index in [9.17, 15) is 0 Å². The van der Waals surface area contributed by atoms with Gasteiger partial charge in [-0.15, -0.1) is 0 Å². The van der Waals surface area contributed by atoms with Crippen LogP contribution in [0.15, 0.2) is 151 Å². The van der Waals surface area contributed by atoms with E-state index in [4.69, 9.17) is 0 Å². The summed E-state index contributed by atoms with van der Waals surface area (Å²) in [6.07, 6.45) is 6.73. The molecule has 0 atom stereocenters. The molecule has 8 rings (SSSR count). The minimum Gasteiger partial charge on any atom is -0.296 e. The highest BCUT2D eigenvalue weighted by Crippen LogP contribution is 2.46. The Morgan fingerprint density at radius 1 is 0.550 bits per heavy atom. The van der Waals surface area contributed by atoms with Crippen LogP contribution >= 0.6 is 0 Å². The Morgan fingerprint density at radius 3 is 1.95 bits per heavy atom. The third-order valence-electron chi connectivity index (χ3n) is 8.23. The predicted molar refractivity (Wildman–Crippen MR) is 168 cm³/mol. The molecule has 0 saturated carbocycles. The molecular weight excluding hydrogens is 484 g/mol. The maximum absolute atomic E-state index is 2.45. The van der Waals surface area contributed by atoms with E-state index in [1.165, 1.54) is 67.2 Å². The summed E-state index contributed by atoms with van der Waals surface area (Å²) in [5.74, 6) is 1.17. The van der Waals surface area contributed by atoms with Crippen molar-refractivity contribution in [3.63, 3.8) is 0 Å². The molecule has 0 saturated heterocycles. The van der Waals surface area contributed by atoms with Crippen LogP contribution in [-0.2, 0) is 0 Å². The van der Waals surface area contributed by atoms with E-state index in [0.717, 1.165) is 12.8 Å². The van der Waals surface area contributed by atoms with E-state index in [2.05, 4.69) is 155 Å². The lowest BCUT2D eigenvalue weighted by molar-refractivity contribution is 1.02. The molecule has 0 bridgehead atoms. The van der Waals surface area contributed by atoms with Crippen LogP contribution in [0.3, 0.4) is 0 Å². The fraction of sp³-hybridized carbons (Fsp3) is 0.0526. The van der Waals surface area contributed by atoms with Gasteiger partial charge in [0.15, 0.2) is 0 Å². The first-order chi connectivity index (χ1) is 19.8. The highest BCUT2D eigenvalue weighted by molar-refractivity contribution is 5.95. The number of allylic oxidation sites excluding steroid dienone is 3. The van der Waals surface area contributed by atoms with Crippen molar-refractivity contribution < 1.29 is 0 Å². The van der Waals surface area contributed by atoms with Crippen LogP contribution < -0.4 is 4.90 Å². The van der Waals surface area contributed by atoms with E-state index in [1.807, 2.05) is 0 Å². The molecule has 40 heavy (non-hydrogen) atoms. The Morgan fingerprint density at radius 2 is 1.18 bits per heavy atom. The Kier molecular flexibility index (Phi) is 5.31. The van der Waals surface area contributed by atoms with Gasteiger partial charge in [-0.1, -0.05) is 109 Å². The summed E-state index contributed by atoms with van der Waals surface area (Å²) >= 11 is 0. The molecule has 1 aliphatic heterocycles. The van der Waals surface area contributed by atoms with Crippen molar-refractivity contribution >= 4 is 28.0 Å². The topological polar surface area (TPSA) is 8.17 Å². The Balaban J connectivity index is 1.26. The summed E-state index contributed by atoms with van der Waals surface area (Å²) in [4.78, 5) is 2.45. The second kappa shape index (κ2) is 9.29. The molecule has 6 aromatic rings. The summed E-state index contributed by atoms with van der Waals surface area (Å²) in [7, 11) is 0. The standard InChI is InChI=1S/C38H28N2/c1-2-10-27(11-3-1)28-18-20-29(21-19-28)30-22-24-32(25-23-30)39-36-16-8-5-13-33(36)34-14-6-9-17-37(34)40-35-15-7-4-12-31(35)26-38(39)40/h1-4,6-12,14-26H,5,13H2. The average Bonchev–Trinajstić information content (AvgIpc) is 3.36. The van der Waals surface area contributed by atoms with Gasteiger partial charge in [-0.25, -0.2) is 0 Å². The molecule has 2 heterocycles. The molecule has 0 spiro atoms. The van der Waals surface area contributed by atoms with Gasteiger partial charge in [0.25, 0.3) is 0 Å². The number of benzene rings is 5. The van der Waals surface area contributed by atoms with E-state index in [-0.39, 0.29) is 0 Å². The Hall–Kier alpha value is -5.08. The first-order valence-electron chi connectivity index (χ1n) is 14.0. The van der Waals surface area contributed by atoms with Crippen LogP contribution in [0.5, 0.6) is 0 Å². The Bertz CT molecular complexity index is 1920. The van der Waals surface area contributed by atoms with Gasteiger partial charge in [0.1, 0.15) is 5.82 Å². The molecular formula is C38H28N2. The van der Waals surface area contributed by atoms with Crippen molar-refractivity contribution in [2.75, 3.05) is 4.90 Å². The number of anilines is 2. The number of aromatic nitrogens is 1. The van der Waals surface area contributed by atoms with Crippen molar-refractivity contribution in [1.29, 1.82) is 0 Å². The van der Waals surface area contributed by atoms with Crippen LogP contribution in [0.1, 0.15) is 18.4 Å². The van der Waals surface area contributed by atoms with Crippen LogP contribution in [0.25, 0.3) is 44.4 Å². The minimum atomic E-state index is 1.04. The molecule has 0 fully saturated rings. The normalized spacial score (nSPS) is 14.1. The number of para-hydroxylation sites is 2. The van der Waals surface area contributed by atoms with Gasteiger partial charge >= 0.3 is 0 Å². The van der Waals surface area contributed by atoms with Crippen molar-refractivity contribution in [2.45, 2.75) is 12.8 Å². The molecule has 0 N–H and O–H groups in total. The van der Waals surface area contributed by atoms with E-state index in [0.29, 0.717) is 0 Å².